The molecule has 1 aromatic carbocycles. The number of hydrogen-bond acceptors (Lipinski definition) is 4. The van der Waals surface area contributed by atoms with E-state index in [2.05, 4.69) is 17.2 Å². The predicted molar refractivity (Wildman–Crippen MR) is 88.6 cm³/mol. The first-order valence-corrected chi connectivity index (χ1v) is 7.69. The van der Waals surface area contributed by atoms with Gasteiger partial charge in [-0.2, -0.15) is 0 Å². The lowest BCUT2D eigenvalue weighted by atomic mass is 10.1. The number of nitrogens with zero attached hydrogens (tertiary/aromatic N) is 1. The van der Waals surface area contributed by atoms with Crippen LogP contribution in [-0.4, -0.2) is 23.9 Å². The molecule has 0 saturated heterocycles. The Morgan fingerprint density at radius 2 is 2.09 bits per heavy atom. The van der Waals surface area contributed by atoms with Crippen molar-refractivity contribution in [3.05, 3.63) is 48.3 Å². The Balaban J connectivity index is 2.02. The lowest BCUT2D eigenvalue weighted by Crippen LogP contribution is -2.27. The highest BCUT2D eigenvalue weighted by molar-refractivity contribution is 5.78. The molecule has 0 unspecified atom stereocenters. The van der Waals surface area contributed by atoms with Crippen molar-refractivity contribution in [2.45, 2.75) is 26.2 Å². The van der Waals surface area contributed by atoms with Gasteiger partial charge in [0.05, 0.1) is 0 Å². The van der Waals surface area contributed by atoms with Gasteiger partial charge in [0, 0.05) is 30.1 Å². The molecular formula is C18H20N2O3. The molecule has 2 rings (SSSR count). The van der Waals surface area contributed by atoms with E-state index in [1.807, 2.05) is 6.07 Å². The molecule has 0 spiro atoms. The summed E-state index contributed by atoms with van der Waals surface area (Å²) in [4.78, 5) is 26.6. The van der Waals surface area contributed by atoms with Gasteiger partial charge in [0.15, 0.2) is 6.29 Å². The van der Waals surface area contributed by atoms with E-state index < -0.39 is 6.09 Å². The molecular weight excluding hydrogens is 292 g/mol. The molecule has 5 nitrogen and oxygen atoms in total. The minimum atomic E-state index is -0.460. The Bertz CT molecular complexity index is 671. The highest BCUT2D eigenvalue weighted by atomic mass is 16.6. The fraction of sp³-hybridized carbons (Fsp3) is 0.278. The summed E-state index contributed by atoms with van der Waals surface area (Å²) in [6, 6.07) is 8.87. The zero-order valence-electron chi connectivity index (χ0n) is 13.1. The Hall–Kier alpha value is -2.69. The van der Waals surface area contributed by atoms with Crippen molar-refractivity contribution in [2.24, 2.45) is 0 Å². The molecule has 23 heavy (non-hydrogen) atoms. The van der Waals surface area contributed by atoms with Crippen LogP contribution >= 0.6 is 0 Å². The van der Waals surface area contributed by atoms with Gasteiger partial charge in [-0.25, -0.2) is 4.79 Å². The minimum absolute atomic E-state index is 0.451. The van der Waals surface area contributed by atoms with Crippen LogP contribution in [0.1, 0.15) is 36.5 Å². The number of nitrogens with one attached hydrogen (secondary N) is 1. The van der Waals surface area contributed by atoms with Gasteiger partial charge in [0.25, 0.3) is 0 Å². The monoisotopic (exact) mass is 312 g/mol. The smallest absolute Gasteiger partial charge is 0.410 e. The molecule has 0 atom stereocenters. The zero-order valence-corrected chi connectivity index (χ0v) is 13.1. The summed E-state index contributed by atoms with van der Waals surface area (Å²) in [5.74, 6) is 0.451. The van der Waals surface area contributed by atoms with Crippen molar-refractivity contribution >= 4 is 12.4 Å². The number of aromatic nitrogens is 1. The van der Waals surface area contributed by atoms with Crippen molar-refractivity contribution < 1.29 is 14.3 Å². The highest BCUT2D eigenvalue weighted by Gasteiger charge is 2.06. The van der Waals surface area contributed by atoms with E-state index in [1.54, 1.807) is 30.5 Å². The third-order valence-corrected chi connectivity index (χ3v) is 3.32. The zero-order chi connectivity index (χ0) is 16.5. The maximum absolute atomic E-state index is 11.7. The maximum atomic E-state index is 11.7. The van der Waals surface area contributed by atoms with E-state index in [0.717, 1.165) is 36.7 Å². The van der Waals surface area contributed by atoms with Crippen LogP contribution in [0.3, 0.4) is 0 Å². The Labute approximate surface area is 135 Å². The van der Waals surface area contributed by atoms with Crippen LogP contribution in [0.5, 0.6) is 5.75 Å². The van der Waals surface area contributed by atoms with Gasteiger partial charge in [0.2, 0.25) is 0 Å². The van der Waals surface area contributed by atoms with Gasteiger partial charge < -0.3 is 10.1 Å². The highest BCUT2D eigenvalue weighted by Crippen LogP contribution is 2.23. The summed E-state index contributed by atoms with van der Waals surface area (Å²) in [7, 11) is 0. The number of hydrogen-bond donors (Lipinski definition) is 1. The second kappa shape index (κ2) is 8.68. The molecule has 1 aromatic heterocycles. The second-order valence-corrected chi connectivity index (χ2v) is 5.18. The first kappa shape index (κ1) is 16.7. The van der Waals surface area contributed by atoms with Gasteiger partial charge in [-0.15, -0.1) is 0 Å². The maximum Gasteiger partial charge on any atom is 0.412 e. The molecule has 0 radical (unpaired) electrons. The molecule has 5 heteroatoms. The van der Waals surface area contributed by atoms with E-state index in [1.165, 1.54) is 6.20 Å². The molecule has 0 saturated carbocycles. The van der Waals surface area contributed by atoms with Crippen molar-refractivity contribution in [1.29, 1.82) is 0 Å². The van der Waals surface area contributed by atoms with Gasteiger partial charge >= 0.3 is 6.09 Å². The number of ether oxygens (including phenoxy) is 1. The Morgan fingerprint density at radius 1 is 1.22 bits per heavy atom. The normalized spacial score (nSPS) is 10.1. The third kappa shape index (κ3) is 5.21. The number of unbranched alkanes of at least 4 members (excludes halogenated alkanes) is 2. The number of amides is 1. The quantitative estimate of drug-likeness (QED) is 0.623. The molecule has 1 N–H and O–H groups in total. The van der Waals surface area contributed by atoms with E-state index in [9.17, 15) is 9.59 Å². The fourth-order valence-electron chi connectivity index (χ4n) is 2.13. The predicted octanol–water partition coefficient (Wildman–Crippen LogP) is 3.84. The van der Waals surface area contributed by atoms with E-state index in [4.69, 9.17) is 4.74 Å². The van der Waals surface area contributed by atoms with Crippen molar-refractivity contribution in [3.8, 4) is 16.9 Å². The summed E-state index contributed by atoms with van der Waals surface area (Å²) in [6.45, 7) is 2.72. The summed E-state index contributed by atoms with van der Waals surface area (Å²) >= 11 is 0. The molecule has 0 aliphatic heterocycles. The van der Waals surface area contributed by atoms with Crippen LogP contribution in [0.2, 0.25) is 0 Å². The van der Waals surface area contributed by atoms with Crippen LogP contribution in [-0.2, 0) is 0 Å². The molecule has 1 heterocycles. The summed E-state index contributed by atoms with van der Waals surface area (Å²) in [5.41, 5.74) is 2.13. The van der Waals surface area contributed by atoms with Gasteiger partial charge in [-0.1, -0.05) is 31.9 Å². The van der Waals surface area contributed by atoms with Crippen LogP contribution in [0.4, 0.5) is 4.79 Å². The van der Waals surface area contributed by atoms with Crippen LogP contribution in [0, 0.1) is 0 Å². The van der Waals surface area contributed by atoms with E-state index in [0.29, 0.717) is 17.9 Å². The van der Waals surface area contributed by atoms with Crippen LogP contribution in [0.25, 0.3) is 11.1 Å². The van der Waals surface area contributed by atoms with Crippen molar-refractivity contribution in [3.63, 3.8) is 0 Å². The largest absolute Gasteiger partial charge is 0.412 e. The van der Waals surface area contributed by atoms with Crippen molar-refractivity contribution in [1.82, 2.24) is 10.3 Å². The number of carbonyl (C=O) groups is 2. The van der Waals surface area contributed by atoms with Crippen LogP contribution in [0.15, 0.2) is 42.7 Å². The average molecular weight is 312 g/mol. The Kier molecular flexibility index (Phi) is 6.29. The van der Waals surface area contributed by atoms with E-state index in [-0.39, 0.29) is 0 Å². The standard InChI is InChI=1S/C18H20N2O3/c1-2-3-4-8-20-18(22)23-17-7-5-6-15(10-17)16-9-14(13-21)11-19-12-16/h5-7,9-13H,2-4,8H2,1H3,(H,20,22). The second-order valence-electron chi connectivity index (χ2n) is 5.18. The van der Waals surface area contributed by atoms with Crippen molar-refractivity contribution in [2.75, 3.05) is 6.54 Å². The number of rotatable bonds is 7. The summed E-state index contributed by atoms with van der Waals surface area (Å²) in [6.07, 6.45) is 6.58. The summed E-state index contributed by atoms with van der Waals surface area (Å²) < 4.78 is 5.27. The molecule has 1 amide bonds. The number of pyridine rings is 1. The first-order valence-electron chi connectivity index (χ1n) is 7.69. The molecule has 0 aliphatic rings. The Morgan fingerprint density at radius 3 is 2.87 bits per heavy atom. The molecule has 0 aliphatic carbocycles. The molecule has 0 bridgehead atoms. The lowest BCUT2D eigenvalue weighted by Gasteiger charge is -2.08. The fourth-order valence-corrected chi connectivity index (χ4v) is 2.13. The molecule has 2 aromatic rings. The third-order valence-electron chi connectivity index (χ3n) is 3.32. The number of carbonyl (C=O) groups excluding carboxylic acids is 2. The number of benzene rings is 1. The molecule has 120 valence electrons. The topological polar surface area (TPSA) is 68.3 Å². The SMILES string of the molecule is CCCCCNC(=O)Oc1cccc(-c2cncc(C=O)c2)c1. The van der Waals surface area contributed by atoms with Gasteiger partial charge in [-0.05, 0) is 30.2 Å². The number of aldehydes is 1. The van der Waals surface area contributed by atoms with E-state index >= 15 is 0 Å². The lowest BCUT2D eigenvalue weighted by molar-refractivity contribution is 0.112. The summed E-state index contributed by atoms with van der Waals surface area (Å²) in [5, 5.41) is 2.72. The minimum Gasteiger partial charge on any atom is -0.410 e. The molecule has 0 fully saturated rings. The average Bonchev–Trinajstić information content (AvgIpc) is 2.59. The van der Waals surface area contributed by atoms with Gasteiger partial charge in [-0.3, -0.25) is 9.78 Å². The van der Waals surface area contributed by atoms with Crippen LogP contribution < -0.4 is 10.1 Å². The first-order chi connectivity index (χ1) is 11.2. The van der Waals surface area contributed by atoms with Gasteiger partial charge in [0.1, 0.15) is 5.75 Å².